The number of alkyl halides is 3. The molecule has 0 radical (unpaired) electrons. The summed E-state index contributed by atoms with van der Waals surface area (Å²) in [5.41, 5.74) is -0.404. The molecule has 29 heavy (non-hydrogen) atoms. The molecular formula is C21H22ClF3N2O2. The van der Waals surface area contributed by atoms with E-state index < -0.39 is 11.9 Å². The molecule has 1 atom stereocenters. The molecule has 0 spiro atoms. The van der Waals surface area contributed by atoms with Gasteiger partial charge < -0.3 is 10.1 Å². The Morgan fingerprint density at radius 3 is 2.45 bits per heavy atom. The van der Waals surface area contributed by atoms with Crippen molar-refractivity contribution in [1.29, 1.82) is 0 Å². The zero-order valence-electron chi connectivity index (χ0n) is 15.9. The number of carbonyl (C=O) groups is 1. The summed E-state index contributed by atoms with van der Waals surface area (Å²) in [5.74, 6) is 0.318. The average molecular weight is 427 g/mol. The maximum Gasteiger partial charge on any atom is 0.433 e. The van der Waals surface area contributed by atoms with Gasteiger partial charge in [0.05, 0.1) is 6.10 Å². The minimum Gasteiger partial charge on any atom is -0.490 e. The van der Waals surface area contributed by atoms with E-state index in [2.05, 4.69) is 10.3 Å². The third kappa shape index (κ3) is 5.85. The third-order valence-corrected chi connectivity index (χ3v) is 5.47. The number of ether oxygens (including phenoxy) is 1. The topological polar surface area (TPSA) is 51.2 Å². The Morgan fingerprint density at radius 2 is 1.83 bits per heavy atom. The van der Waals surface area contributed by atoms with Crippen LogP contribution < -0.4 is 10.1 Å². The van der Waals surface area contributed by atoms with Crippen molar-refractivity contribution in [3.8, 4) is 5.75 Å². The number of benzene rings is 1. The van der Waals surface area contributed by atoms with E-state index in [-0.39, 0.29) is 29.7 Å². The number of aromatic nitrogens is 1. The molecule has 2 aromatic rings. The van der Waals surface area contributed by atoms with Crippen LogP contribution in [0.1, 0.15) is 48.7 Å². The van der Waals surface area contributed by atoms with E-state index in [1.807, 2.05) is 6.92 Å². The van der Waals surface area contributed by atoms with Crippen LogP contribution in [0.15, 0.2) is 42.6 Å². The number of halogens is 4. The smallest absolute Gasteiger partial charge is 0.433 e. The molecule has 3 rings (SSSR count). The Hall–Kier alpha value is -2.28. The van der Waals surface area contributed by atoms with Crippen molar-refractivity contribution in [2.75, 3.05) is 0 Å². The lowest BCUT2D eigenvalue weighted by atomic mass is 9.83. The van der Waals surface area contributed by atoms with E-state index in [9.17, 15) is 18.0 Å². The number of amides is 1. The van der Waals surface area contributed by atoms with Crippen LogP contribution in [-0.2, 0) is 6.18 Å². The van der Waals surface area contributed by atoms with Gasteiger partial charge in [0.25, 0.3) is 5.91 Å². The second-order valence-corrected chi connectivity index (χ2v) is 7.73. The quantitative estimate of drug-likeness (QED) is 0.685. The van der Waals surface area contributed by atoms with Crippen LogP contribution in [-0.4, -0.2) is 23.0 Å². The number of hydrogen-bond donors (Lipinski definition) is 1. The fourth-order valence-electron chi connectivity index (χ4n) is 3.55. The fraction of sp³-hybridized carbons (Fsp3) is 0.429. The van der Waals surface area contributed by atoms with Crippen LogP contribution in [0.4, 0.5) is 13.2 Å². The second-order valence-electron chi connectivity index (χ2n) is 7.30. The summed E-state index contributed by atoms with van der Waals surface area (Å²) in [6.07, 6.45) is -0.444. The van der Waals surface area contributed by atoms with Crippen LogP contribution in [0.25, 0.3) is 0 Å². The van der Waals surface area contributed by atoms with E-state index in [0.29, 0.717) is 10.6 Å². The molecule has 1 aliphatic carbocycles. The highest BCUT2D eigenvalue weighted by molar-refractivity contribution is 6.30. The summed E-state index contributed by atoms with van der Waals surface area (Å²) in [6.45, 7) is 1.97. The number of nitrogens with zero attached hydrogens (tertiary/aromatic N) is 1. The van der Waals surface area contributed by atoms with Gasteiger partial charge in [-0.1, -0.05) is 11.6 Å². The molecule has 1 unspecified atom stereocenters. The van der Waals surface area contributed by atoms with E-state index in [1.54, 1.807) is 24.3 Å². The summed E-state index contributed by atoms with van der Waals surface area (Å²) in [5, 5.41) is 3.59. The molecule has 1 aromatic carbocycles. The lowest BCUT2D eigenvalue weighted by Crippen LogP contribution is -2.40. The number of rotatable bonds is 5. The molecule has 8 heteroatoms. The number of pyridine rings is 1. The van der Waals surface area contributed by atoms with Crippen molar-refractivity contribution in [2.45, 2.75) is 50.9 Å². The minimum absolute atomic E-state index is 0.0168. The first-order chi connectivity index (χ1) is 13.7. The van der Waals surface area contributed by atoms with Crippen LogP contribution in [0.5, 0.6) is 5.75 Å². The molecule has 0 bridgehead atoms. The maximum atomic E-state index is 12.8. The Labute approximate surface area is 172 Å². The second kappa shape index (κ2) is 9.03. The van der Waals surface area contributed by atoms with Crippen LogP contribution in [0.2, 0.25) is 5.02 Å². The highest BCUT2D eigenvalue weighted by Crippen LogP contribution is 2.32. The van der Waals surface area contributed by atoms with Gasteiger partial charge in [-0.05, 0) is 68.9 Å². The van der Waals surface area contributed by atoms with Gasteiger partial charge >= 0.3 is 6.18 Å². The normalized spacial score (nSPS) is 20.7. The van der Waals surface area contributed by atoms with Gasteiger partial charge in [-0.2, -0.15) is 13.2 Å². The zero-order chi connectivity index (χ0) is 21.0. The van der Waals surface area contributed by atoms with Crippen LogP contribution in [0.3, 0.4) is 0 Å². The molecule has 0 saturated heterocycles. The summed E-state index contributed by atoms with van der Waals surface area (Å²) in [6, 6.07) is 9.06. The first-order valence-electron chi connectivity index (χ1n) is 9.48. The SMILES string of the molecule is CC(NC(=O)c1ccc(Cl)cc1)[C@H]1CC[C@H](Oc2ccnc(C(F)(F)F)c2)CC1. The fourth-order valence-corrected chi connectivity index (χ4v) is 3.67. The van der Waals surface area contributed by atoms with Crippen molar-refractivity contribution in [1.82, 2.24) is 10.3 Å². The molecular weight excluding hydrogens is 405 g/mol. The maximum absolute atomic E-state index is 12.8. The molecule has 1 aliphatic rings. The van der Waals surface area contributed by atoms with Crippen molar-refractivity contribution in [3.63, 3.8) is 0 Å². The molecule has 1 N–H and O–H groups in total. The van der Waals surface area contributed by atoms with Gasteiger partial charge in [-0.3, -0.25) is 9.78 Å². The first-order valence-corrected chi connectivity index (χ1v) is 9.86. The van der Waals surface area contributed by atoms with Crippen molar-refractivity contribution < 1.29 is 22.7 Å². The standard InChI is InChI=1S/C21H22ClF3N2O2/c1-13(27-20(28)15-2-6-16(22)7-3-15)14-4-8-17(9-5-14)29-18-10-11-26-19(12-18)21(23,24)25/h2-3,6-7,10-14,17H,4-5,8-9H2,1H3,(H,27,28)/t13?,14-,17-. The van der Waals surface area contributed by atoms with Crippen molar-refractivity contribution in [3.05, 3.63) is 58.9 Å². The van der Waals surface area contributed by atoms with E-state index in [1.165, 1.54) is 6.07 Å². The van der Waals surface area contributed by atoms with E-state index >= 15 is 0 Å². The summed E-state index contributed by atoms with van der Waals surface area (Å²) in [7, 11) is 0. The predicted molar refractivity (Wildman–Crippen MR) is 104 cm³/mol. The Bertz CT molecular complexity index is 835. The number of nitrogens with one attached hydrogen (secondary N) is 1. The lowest BCUT2D eigenvalue weighted by molar-refractivity contribution is -0.141. The Morgan fingerprint density at radius 1 is 1.17 bits per heavy atom. The third-order valence-electron chi connectivity index (χ3n) is 5.22. The van der Waals surface area contributed by atoms with Gasteiger partial charge in [0.2, 0.25) is 0 Å². The van der Waals surface area contributed by atoms with E-state index in [0.717, 1.165) is 37.9 Å². The van der Waals surface area contributed by atoms with Crippen molar-refractivity contribution >= 4 is 17.5 Å². The van der Waals surface area contributed by atoms with Crippen LogP contribution in [0, 0.1) is 5.92 Å². The van der Waals surface area contributed by atoms with Crippen LogP contribution >= 0.6 is 11.6 Å². The highest BCUT2D eigenvalue weighted by atomic mass is 35.5. The van der Waals surface area contributed by atoms with E-state index in [4.69, 9.17) is 16.3 Å². The van der Waals surface area contributed by atoms with Gasteiger partial charge in [0, 0.05) is 28.9 Å². The molecule has 0 aliphatic heterocycles. The van der Waals surface area contributed by atoms with Gasteiger partial charge in [-0.15, -0.1) is 0 Å². The molecule has 156 valence electrons. The lowest BCUT2D eigenvalue weighted by Gasteiger charge is -2.32. The molecule has 4 nitrogen and oxygen atoms in total. The van der Waals surface area contributed by atoms with Crippen molar-refractivity contribution in [2.24, 2.45) is 5.92 Å². The summed E-state index contributed by atoms with van der Waals surface area (Å²) in [4.78, 5) is 15.7. The summed E-state index contributed by atoms with van der Waals surface area (Å²) < 4.78 is 44.1. The minimum atomic E-state index is -4.49. The number of carbonyl (C=O) groups excluding carboxylic acids is 1. The number of hydrogen-bond acceptors (Lipinski definition) is 3. The molecule has 1 aromatic heterocycles. The van der Waals surface area contributed by atoms with Gasteiger partial charge in [0.1, 0.15) is 11.4 Å². The first kappa shape index (κ1) is 21.4. The highest BCUT2D eigenvalue weighted by Gasteiger charge is 2.33. The average Bonchev–Trinajstić information content (AvgIpc) is 2.68. The van der Waals surface area contributed by atoms with Gasteiger partial charge in [-0.25, -0.2) is 0 Å². The molecule has 1 fully saturated rings. The molecule has 1 amide bonds. The summed E-state index contributed by atoms with van der Waals surface area (Å²) >= 11 is 5.84. The largest absolute Gasteiger partial charge is 0.490 e. The zero-order valence-corrected chi connectivity index (χ0v) is 16.6. The predicted octanol–water partition coefficient (Wildman–Crippen LogP) is 5.51. The Kier molecular flexibility index (Phi) is 6.67. The molecule has 1 saturated carbocycles. The molecule has 1 heterocycles. The van der Waals surface area contributed by atoms with Gasteiger partial charge in [0.15, 0.2) is 0 Å². The Balaban J connectivity index is 1.50. The monoisotopic (exact) mass is 426 g/mol.